The van der Waals surface area contributed by atoms with E-state index in [4.69, 9.17) is 10.5 Å². The summed E-state index contributed by atoms with van der Waals surface area (Å²) in [5.74, 6) is 0.618. The quantitative estimate of drug-likeness (QED) is 0.825. The van der Waals surface area contributed by atoms with Gasteiger partial charge in [-0.25, -0.2) is 8.42 Å². The molecular formula is C13H13BrN2O3S. The van der Waals surface area contributed by atoms with Crippen LogP contribution in [0.1, 0.15) is 0 Å². The van der Waals surface area contributed by atoms with Crippen LogP contribution < -0.4 is 15.2 Å². The molecule has 0 spiro atoms. The first kappa shape index (κ1) is 14.7. The van der Waals surface area contributed by atoms with E-state index in [1.165, 1.54) is 13.2 Å². The number of para-hydroxylation sites is 1. The van der Waals surface area contributed by atoms with Gasteiger partial charge in [0.1, 0.15) is 10.6 Å². The van der Waals surface area contributed by atoms with Gasteiger partial charge in [-0.3, -0.25) is 4.72 Å². The number of sulfonamides is 1. The molecule has 0 amide bonds. The molecule has 2 aromatic carbocycles. The number of methoxy groups -OCH3 is 1. The van der Waals surface area contributed by atoms with Crippen LogP contribution in [0, 0.1) is 0 Å². The lowest BCUT2D eigenvalue weighted by atomic mass is 10.3. The highest BCUT2D eigenvalue weighted by Crippen LogP contribution is 2.29. The van der Waals surface area contributed by atoms with Crippen molar-refractivity contribution >= 4 is 37.3 Å². The van der Waals surface area contributed by atoms with Crippen molar-refractivity contribution in [2.24, 2.45) is 0 Å². The van der Waals surface area contributed by atoms with E-state index in [0.717, 1.165) is 0 Å². The highest BCUT2D eigenvalue weighted by molar-refractivity contribution is 9.10. The summed E-state index contributed by atoms with van der Waals surface area (Å²) in [6.45, 7) is 0. The van der Waals surface area contributed by atoms with Crippen molar-refractivity contribution in [3.63, 3.8) is 0 Å². The number of halogens is 1. The number of rotatable bonds is 4. The summed E-state index contributed by atoms with van der Waals surface area (Å²) in [6, 6.07) is 11.2. The lowest BCUT2D eigenvalue weighted by molar-refractivity contribution is 0.412. The molecule has 0 radical (unpaired) electrons. The Kier molecular flexibility index (Phi) is 4.20. The third-order valence-corrected chi connectivity index (χ3v) is 4.69. The number of nitrogens with one attached hydrogen (secondary N) is 1. The van der Waals surface area contributed by atoms with Crippen molar-refractivity contribution < 1.29 is 13.2 Å². The molecule has 2 aromatic rings. The third-order valence-electron chi connectivity index (χ3n) is 2.61. The van der Waals surface area contributed by atoms with E-state index in [1.54, 1.807) is 36.4 Å². The summed E-state index contributed by atoms with van der Waals surface area (Å²) in [4.78, 5) is 0.0481. The number of anilines is 2. The van der Waals surface area contributed by atoms with Gasteiger partial charge in [0.2, 0.25) is 0 Å². The molecule has 0 saturated heterocycles. The van der Waals surface area contributed by atoms with Crippen LogP contribution in [0.25, 0.3) is 0 Å². The number of benzene rings is 2. The average molecular weight is 357 g/mol. The largest absolute Gasteiger partial charge is 0.496 e. The monoisotopic (exact) mass is 356 g/mol. The molecule has 0 fully saturated rings. The third kappa shape index (κ3) is 3.05. The fourth-order valence-corrected chi connectivity index (χ4v) is 3.39. The Balaban J connectivity index is 2.34. The Labute approximate surface area is 125 Å². The van der Waals surface area contributed by atoms with E-state index in [9.17, 15) is 8.42 Å². The minimum atomic E-state index is -3.72. The first-order valence-electron chi connectivity index (χ1n) is 5.65. The zero-order chi connectivity index (χ0) is 14.8. The van der Waals surface area contributed by atoms with Gasteiger partial charge in [0.25, 0.3) is 10.0 Å². The Bertz CT molecular complexity index is 732. The molecule has 0 unspecified atom stereocenters. The summed E-state index contributed by atoms with van der Waals surface area (Å²) in [5.41, 5.74) is 6.31. The van der Waals surface area contributed by atoms with Gasteiger partial charge in [-0.2, -0.15) is 0 Å². The fraction of sp³-hybridized carbons (Fsp3) is 0.0769. The maximum absolute atomic E-state index is 12.3. The van der Waals surface area contributed by atoms with E-state index in [2.05, 4.69) is 20.7 Å². The topological polar surface area (TPSA) is 81.4 Å². The SMILES string of the molecule is COc1ccc(NS(=O)(=O)c2ccccc2N)cc1Br. The number of ether oxygens (including phenoxy) is 1. The van der Waals surface area contributed by atoms with E-state index in [0.29, 0.717) is 15.9 Å². The molecule has 0 aliphatic rings. The first-order chi connectivity index (χ1) is 9.44. The van der Waals surface area contributed by atoms with Gasteiger partial charge < -0.3 is 10.5 Å². The number of hydrogen-bond acceptors (Lipinski definition) is 4. The minimum Gasteiger partial charge on any atom is -0.496 e. The zero-order valence-corrected chi connectivity index (χ0v) is 13.0. The van der Waals surface area contributed by atoms with Gasteiger partial charge in [-0.05, 0) is 46.3 Å². The van der Waals surface area contributed by atoms with Gasteiger partial charge in [-0.15, -0.1) is 0 Å². The van der Waals surface area contributed by atoms with Crippen molar-refractivity contribution in [2.45, 2.75) is 4.90 Å². The molecule has 106 valence electrons. The van der Waals surface area contributed by atoms with Crippen LogP contribution in [0.15, 0.2) is 51.8 Å². The molecular weight excluding hydrogens is 344 g/mol. The lowest BCUT2D eigenvalue weighted by Crippen LogP contribution is -2.14. The van der Waals surface area contributed by atoms with Gasteiger partial charge >= 0.3 is 0 Å². The Morgan fingerprint density at radius 2 is 1.90 bits per heavy atom. The number of hydrogen-bond donors (Lipinski definition) is 2. The summed E-state index contributed by atoms with van der Waals surface area (Å²) in [7, 11) is -2.18. The lowest BCUT2D eigenvalue weighted by Gasteiger charge is -2.11. The molecule has 0 aliphatic heterocycles. The van der Waals surface area contributed by atoms with Crippen LogP contribution in [0.4, 0.5) is 11.4 Å². The molecule has 7 heteroatoms. The molecule has 0 aromatic heterocycles. The molecule has 5 nitrogen and oxygen atoms in total. The predicted octanol–water partition coefficient (Wildman–Crippen LogP) is 2.84. The van der Waals surface area contributed by atoms with Crippen LogP contribution >= 0.6 is 15.9 Å². The van der Waals surface area contributed by atoms with E-state index in [1.807, 2.05) is 0 Å². The van der Waals surface area contributed by atoms with E-state index >= 15 is 0 Å². The van der Waals surface area contributed by atoms with Crippen LogP contribution in [0.5, 0.6) is 5.75 Å². The van der Waals surface area contributed by atoms with Crippen molar-refractivity contribution in [3.05, 3.63) is 46.9 Å². The second-order valence-corrected chi connectivity index (χ2v) is 6.50. The maximum Gasteiger partial charge on any atom is 0.263 e. The highest BCUT2D eigenvalue weighted by atomic mass is 79.9. The average Bonchev–Trinajstić information content (AvgIpc) is 2.38. The second-order valence-electron chi connectivity index (χ2n) is 3.99. The zero-order valence-electron chi connectivity index (χ0n) is 10.6. The van der Waals surface area contributed by atoms with Gasteiger partial charge in [0.05, 0.1) is 23.0 Å². The van der Waals surface area contributed by atoms with Gasteiger partial charge in [0.15, 0.2) is 0 Å². The Hall–Kier alpha value is -1.73. The van der Waals surface area contributed by atoms with Gasteiger partial charge in [0, 0.05) is 0 Å². The van der Waals surface area contributed by atoms with Crippen molar-refractivity contribution in [2.75, 3.05) is 17.6 Å². The molecule has 2 rings (SSSR count). The van der Waals surface area contributed by atoms with Crippen LogP contribution in [0.3, 0.4) is 0 Å². The molecule has 3 N–H and O–H groups in total. The first-order valence-corrected chi connectivity index (χ1v) is 7.92. The molecule has 0 atom stereocenters. The van der Waals surface area contributed by atoms with Gasteiger partial charge in [-0.1, -0.05) is 12.1 Å². The van der Waals surface area contributed by atoms with Crippen LogP contribution in [-0.2, 0) is 10.0 Å². The predicted molar refractivity (Wildman–Crippen MR) is 82.4 cm³/mol. The smallest absolute Gasteiger partial charge is 0.263 e. The van der Waals surface area contributed by atoms with E-state index in [-0.39, 0.29) is 10.6 Å². The molecule has 0 bridgehead atoms. The van der Waals surface area contributed by atoms with Crippen molar-refractivity contribution in [1.29, 1.82) is 0 Å². The Morgan fingerprint density at radius 1 is 1.20 bits per heavy atom. The summed E-state index contributed by atoms with van der Waals surface area (Å²) < 4.78 is 32.7. The molecule has 20 heavy (non-hydrogen) atoms. The Morgan fingerprint density at radius 3 is 2.50 bits per heavy atom. The minimum absolute atomic E-state index is 0.0481. The van der Waals surface area contributed by atoms with E-state index < -0.39 is 10.0 Å². The standard InChI is InChI=1S/C13H13BrN2O3S/c1-19-12-7-6-9(8-10(12)14)16-20(17,18)13-5-3-2-4-11(13)15/h2-8,16H,15H2,1H3. The molecule has 0 saturated carbocycles. The van der Waals surface area contributed by atoms with Crippen LogP contribution in [-0.4, -0.2) is 15.5 Å². The summed E-state index contributed by atoms with van der Waals surface area (Å²) in [6.07, 6.45) is 0. The second kappa shape index (κ2) is 5.72. The highest BCUT2D eigenvalue weighted by Gasteiger charge is 2.17. The molecule has 0 heterocycles. The normalized spacial score (nSPS) is 11.1. The number of nitrogens with two attached hydrogens (primary N) is 1. The number of nitrogen functional groups attached to an aromatic ring is 1. The fourth-order valence-electron chi connectivity index (χ4n) is 1.67. The van der Waals surface area contributed by atoms with Crippen molar-refractivity contribution in [3.8, 4) is 5.75 Å². The summed E-state index contributed by atoms with van der Waals surface area (Å²) >= 11 is 3.30. The maximum atomic E-state index is 12.3. The van der Waals surface area contributed by atoms with Crippen molar-refractivity contribution in [1.82, 2.24) is 0 Å². The molecule has 0 aliphatic carbocycles. The van der Waals surface area contributed by atoms with Crippen LogP contribution in [0.2, 0.25) is 0 Å². The summed E-state index contributed by atoms with van der Waals surface area (Å²) in [5, 5.41) is 0.